The van der Waals surface area contributed by atoms with Crippen LogP contribution in [-0.2, 0) is 10.0 Å². The summed E-state index contributed by atoms with van der Waals surface area (Å²) in [6.45, 7) is 3.69. The van der Waals surface area contributed by atoms with Crippen LogP contribution in [0.5, 0.6) is 0 Å². The van der Waals surface area contributed by atoms with Crippen molar-refractivity contribution < 1.29 is 17.6 Å². The van der Waals surface area contributed by atoms with Gasteiger partial charge in [0.05, 0.1) is 24.2 Å². The lowest BCUT2D eigenvalue weighted by Crippen LogP contribution is -2.27. The lowest BCUT2D eigenvalue weighted by atomic mass is 10.1. The Morgan fingerprint density at radius 3 is 2.52 bits per heavy atom. The first-order valence-corrected chi connectivity index (χ1v) is 10.7. The Kier molecular flexibility index (Phi) is 5.69. The number of rotatable bonds is 6. The lowest BCUT2D eigenvalue weighted by molar-refractivity contribution is 0.0940. The summed E-state index contributed by atoms with van der Waals surface area (Å²) in [5, 5.41) is 7.23. The molecule has 0 fully saturated rings. The average Bonchev–Trinajstić information content (AvgIpc) is 3.02. The number of hydrogen-bond acceptors (Lipinski definition) is 4. The summed E-state index contributed by atoms with van der Waals surface area (Å²) >= 11 is 0. The van der Waals surface area contributed by atoms with Gasteiger partial charge in [0.1, 0.15) is 5.82 Å². The van der Waals surface area contributed by atoms with E-state index in [0.29, 0.717) is 16.9 Å². The van der Waals surface area contributed by atoms with E-state index in [9.17, 15) is 17.6 Å². The predicted molar refractivity (Wildman–Crippen MR) is 109 cm³/mol. The number of nitrogens with zero attached hydrogens (tertiary/aromatic N) is 2. The third-order valence-electron chi connectivity index (χ3n) is 4.36. The maximum Gasteiger partial charge on any atom is 0.251 e. The molecule has 0 saturated heterocycles. The highest BCUT2D eigenvalue weighted by molar-refractivity contribution is 7.92. The third kappa shape index (κ3) is 5.00. The van der Waals surface area contributed by atoms with Crippen molar-refractivity contribution in [2.75, 3.05) is 11.0 Å². The number of carbonyl (C=O) groups excluding carboxylic acids is 1. The molecular formula is C20H21FN4O3S. The number of nitrogens with one attached hydrogen (secondary N) is 2. The maximum atomic E-state index is 13.1. The fraction of sp³-hybridized carbons (Fsp3) is 0.200. The quantitative estimate of drug-likeness (QED) is 0.645. The molecule has 1 amide bonds. The van der Waals surface area contributed by atoms with E-state index >= 15 is 0 Å². The van der Waals surface area contributed by atoms with Gasteiger partial charge >= 0.3 is 0 Å². The number of sulfonamides is 1. The molecule has 0 aliphatic carbocycles. The second-order valence-corrected chi connectivity index (χ2v) is 8.47. The summed E-state index contributed by atoms with van der Waals surface area (Å²) in [5.41, 5.74) is 2.99. The number of hydrogen-bond donors (Lipinski definition) is 2. The Bertz CT molecular complexity index is 1140. The van der Waals surface area contributed by atoms with E-state index in [4.69, 9.17) is 0 Å². The van der Waals surface area contributed by atoms with Crippen molar-refractivity contribution in [2.24, 2.45) is 0 Å². The molecule has 3 aromatic rings. The molecule has 9 heteroatoms. The van der Waals surface area contributed by atoms with Crippen LogP contribution in [0.25, 0.3) is 5.69 Å². The lowest BCUT2D eigenvalue weighted by Gasteiger charge is -2.15. The van der Waals surface area contributed by atoms with Crippen LogP contribution in [-0.4, -0.2) is 30.4 Å². The second-order valence-electron chi connectivity index (χ2n) is 6.72. The van der Waals surface area contributed by atoms with Crippen molar-refractivity contribution in [3.05, 3.63) is 77.4 Å². The monoisotopic (exact) mass is 416 g/mol. The minimum Gasteiger partial charge on any atom is -0.345 e. The molecule has 1 heterocycles. The zero-order valence-electron chi connectivity index (χ0n) is 16.2. The number of benzene rings is 2. The molecule has 1 atom stereocenters. The van der Waals surface area contributed by atoms with Gasteiger partial charge in [-0.2, -0.15) is 5.10 Å². The van der Waals surface area contributed by atoms with Gasteiger partial charge in [-0.15, -0.1) is 0 Å². The highest BCUT2D eigenvalue weighted by atomic mass is 32.2. The molecule has 2 aromatic carbocycles. The minimum atomic E-state index is -3.43. The highest BCUT2D eigenvalue weighted by Gasteiger charge is 2.17. The molecule has 0 bridgehead atoms. The van der Waals surface area contributed by atoms with Crippen molar-refractivity contribution in [1.82, 2.24) is 15.1 Å². The van der Waals surface area contributed by atoms with Gasteiger partial charge in [-0.05, 0) is 56.3 Å². The van der Waals surface area contributed by atoms with E-state index in [1.807, 2.05) is 13.8 Å². The minimum absolute atomic E-state index is 0.313. The van der Waals surface area contributed by atoms with Crippen LogP contribution < -0.4 is 10.0 Å². The molecule has 152 valence electrons. The number of halogens is 1. The molecule has 3 rings (SSSR count). The zero-order chi connectivity index (χ0) is 21.2. The largest absolute Gasteiger partial charge is 0.345 e. The van der Waals surface area contributed by atoms with Crippen molar-refractivity contribution in [2.45, 2.75) is 19.9 Å². The van der Waals surface area contributed by atoms with Gasteiger partial charge in [0.2, 0.25) is 10.0 Å². The van der Waals surface area contributed by atoms with Gasteiger partial charge in [0.15, 0.2) is 0 Å². The predicted octanol–water partition coefficient (Wildman–Crippen LogP) is 3.18. The maximum absolute atomic E-state index is 13.1. The molecule has 0 radical (unpaired) electrons. The first kappa shape index (κ1) is 20.5. The first-order chi connectivity index (χ1) is 13.6. The Hall–Kier alpha value is -3.20. The van der Waals surface area contributed by atoms with Crippen LogP contribution >= 0.6 is 0 Å². The van der Waals surface area contributed by atoms with Crippen LogP contribution in [0.3, 0.4) is 0 Å². The van der Waals surface area contributed by atoms with Gasteiger partial charge in [-0.25, -0.2) is 17.5 Å². The number of anilines is 1. The first-order valence-electron chi connectivity index (χ1n) is 8.83. The summed E-state index contributed by atoms with van der Waals surface area (Å²) in [7, 11) is -3.43. The number of amides is 1. The summed E-state index contributed by atoms with van der Waals surface area (Å²) < 4.78 is 39.9. The Morgan fingerprint density at radius 1 is 1.17 bits per heavy atom. The SMILES string of the molecule is Cc1c(C(C)NC(=O)c2cccc(NS(C)(=O)=O)c2)cnn1-c1ccc(F)cc1. The van der Waals surface area contributed by atoms with Crippen molar-refractivity contribution in [3.63, 3.8) is 0 Å². The normalized spacial score (nSPS) is 12.4. The van der Waals surface area contributed by atoms with Gasteiger partial charge in [0, 0.05) is 22.5 Å². The fourth-order valence-electron chi connectivity index (χ4n) is 2.99. The van der Waals surface area contributed by atoms with Crippen LogP contribution in [0.1, 0.15) is 34.6 Å². The second kappa shape index (κ2) is 8.04. The Labute approximate surface area is 168 Å². The average molecular weight is 416 g/mol. The van der Waals surface area contributed by atoms with Crippen molar-refractivity contribution in [3.8, 4) is 5.69 Å². The molecule has 29 heavy (non-hydrogen) atoms. The smallest absolute Gasteiger partial charge is 0.251 e. The molecule has 1 aromatic heterocycles. The van der Waals surface area contributed by atoms with E-state index in [0.717, 1.165) is 17.5 Å². The summed E-state index contributed by atoms with van der Waals surface area (Å²) in [6.07, 6.45) is 2.70. The molecular weight excluding hydrogens is 395 g/mol. The van der Waals surface area contributed by atoms with Crippen LogP contribution in [0.15, 0.2) is 54.7 Å². The molecule has 0 aliphatic rings. The van der Waals surface area contributed by atoms with Crippen LogP contribution in [0.4, 0.5) is 10.1 Å². The molecule has 0 saturated carbocycles. The van der Waals surface area contributed by atoms with Gasteiger partial charge in [0.25, 0.3) is 5.91 Å². The number of aromatic nitrogens is 2. The Balaban J connectivity index is 1.77. The van der Waals surface area contributed by atoms with Gasteiger partial charge in [-0.3, -0.25) is 9.52 Å². The van der Waals surface area contributed by atoms with E-state index in [-0.39, 0.29) is 17.8 Å². The summed E-state index contributed by atoms with van der Waals surface area (Å²) in [6, 6.07) is 11.9. The molecule has 0 aliphatic heterocycles. The topological polar surface area (TPSA) is 93.1 Å². The molecule has 7 nitrogen and oxygen atoms in total. The number of carbonyl (C=O) groups is 1. The summed E-state index contributed by atoms with van der Waals surface area (Å²) in [5.74, 6) is -0.671. The fourth-order valence-corrected chi connectivity index (χ4v) is 3.54. The molecule has 2 N–H and O–H groups in total. The third-order valence-corrected chi connectivity index (χ3v) is 4.97. The van der Waals surface area contributed by atoms with Crippen molar-refractivity contribution >= 4 is 21.6 Å². The zero-order valence-corrected chi connectivity index (χ0v) is 17.0. The van der Waals surface area contributed by atoms with Crippen molar-refractivity contribution in [1.29, 1.82) is 0 Å². The van der Waals surface area contributed by atoms with Crippen LogP contribution in [0, 0.1) is 12.7 Å². The molecule has 0 spiro atoms. The van der Waals surface area contributed by atoms with E-state index < -0.39 is 10.0 Å². The van der Waals surface area contributed by atoms with Crippen LogP contribution in [0.2, 0.25) is 0 Å². The van der Waals surface area contributed by atoms with Gasteiger partial charge in [-0.1, -0.05) is 6.07 Å². The van der Waals surface area contributed by atoms with E-state index in [2.05, 4.69) is 15.1 Å². The Morgan fingerprint density at radius 2 is 1.86 bits per heavy atom. The standard InChI is InChI=1S/C20H21FN4O3S/c1-13(19-12-22-25(14(19)2)18-9-7-16(21)8-10-18)23-20(26)15-5-4-6-17(11-15)24-29(3,27)28/h4-13,24H,1-3H3,(H,23,26). The summed E-state index contributed by atoms with van der Waals surface area (Å²) in [4.78, 5) is 12.6. The van der Waals surface area contributed by atoms with Gasteiger partial charge < -0.3 is 5.32 Å². The van der Waals surface area contributed by atoms with E-state index in [1.165, 1.54) is 18.2 Å². The molecule has 1 unspecified atom stereocenters. The van der Waals surface area contributed by atoms with E-state index in [1.54, 1.807) is 41.2 Å². The highest BCUT2D eigenvalue weighted by Crippen LogP contribution is 2.21.